The molecule has 2 unspecified atom stereocenters. The van der Waals surface area contributed by atoms with Gasteiger partial charge in [0.2, 0.25) is 11.8 Å². The van der Waals surface area contributed by atoms with Crippen LogP contribution in [-0.4, -0.2) is 24.5 Å². The summed E-state index contributed by atoms with van der Waals surface area (Å²) in [5.41, 5.74) is 5.12. The standard InChI is InChI=1S/C28H31N3O3S/c1-18-7-5-8-19(2)26(18)24-15-25-30-27(29-24)31-35(32,33)23-10-6-9-20(14-23)21-13-22(34-25)17-28(16-21)11-3-4-12-28/h5-10,14-15,21-22H,3-4,11-13,16-17H2,1-2H3,(H,29,30,31). The number of hydrogen-bond acceptors (Lipinski definition) is 5. The average Bonchev–Trinajstić information content (AvgIpc) is 3.25. The number of hydrogen-bond donors (Lipinski definition) is 1. The van der Waals surface area contributed by atoms with Crippen LogP contribution in [0.5, 0.6) is 5.88 Å². The minimum atomic E-state index is -3.85. The fourth-order valence-corrected chi connectivity index (χ4v) is 7.61. The first-order valence-corrected chi connectivity index (χ1v) is 14.0. The molecule has 182 valence electrons. The van der Waals surface area contributed by atoms with Crippen LogP contribution in [-0.2, 0) is 10.0 Å². The monoisotopic (exact) mass is 489 g/mol. The van der Waals surface area contributed by atoms with E-state index in [4.69, 9.17) is 4.74 Å². The smallest absolute Gasteiger partial charge is 0.264 e. The van der Waals surface area contributed by atoms with Gasteiger partial charge in [0, 0.05) is 11.6 Å². The van der Waals surface area contributed by atoms with Crippen molar-refractivity contribution in [1.29, 1.82) is 0 Å². The number of fused-ring (bicyclic) bond motifs is 7. The van der Waals surface area contributed by atoms with Gasteiger partial charge in [-0.05, 0) is 86.1 Å². The molecule has 0 saturated heterocycles. The normalized spacial score (nSPS) is 24.1. The molecule has 6 rings (SSSR count). The van der Waals surface area contributed by atoms with Crippen LogP contribution in [0, 0.1) is 19.3 Å². The van der Waals surface area contributed by atoms with Crippen molar-refractivity contribution in [1.82, 2.24) is 9.97 Å². The summed E-state index contributed by atoms with van der Waals surface area (Å²) in [5.74, 6) is 0.730. The molecule has 0 amide bonds. The summed E-state index contributed by atoms with van der Waals surface area (Å²) in [6.07, 6.45) is 7.94. The van der Waals surface area contributed by atoms with Crippen LogP contribution in [0.3, 0.4) is 0 Å². The molecule has 0 radical (unpaired) electrons. The average molecular weight is 490 g/mol. The van der Waals surface area contributed by atoms with Crippen LogP contribution in [0.15, 0.2) is 53.4 Å². The minimum Gasteiger partial charge on any atom is -0.474 e. The molecule has 2 aromatic carbocycles. The lowest BCUT2D eigenvalue weighted by Crippen LogP contribution is -2.36. The minimum absolute atomic E-state index is 0.0279. The Morgan fingerprint density at radius 1 is 0.971 bits per heavy atom. The Kier molecular flexibility index (Phi) is 5.36. The molecule has 35 heavy (non-hydrogen) atoms. The molecule has 7 heteroatoms. The molecule has 2 saturated carbocycles. The summed E-state index contributed by atoms with van der Waals surface area (Å²) >= 11 is 0. The second-order valence-electron chi connectivity index (χ2n) is 10.6. The Morgan fingerprint density at radius 3 is 2.49 bits per heavy atom. The van der Waals surface area contributed by atoms with Crippen molar-refractivity contribution in [3.8, 4) is 17.1 Å². The number of aromatic nitrogens is 2. The predicted molar refractivity (Wildman–Crippen MR) is 136 cm³/mol. The van der Waals surface area contributed by atoms with Crippen molar-refractivity contribution in [3.63, 3.8) is 0 Å². The lowest BCUT2D eigenvalue weighted by atomic mass is 9.66. The zero-order valence-electron chi connectivity index (χ0n) is 20.3. The molecule has 1 N–H and O–H groups in total. The Morgan fingerprint density at radius 2 is 1.71 bits per heavy atom. The fraction of sp³-hybridized carbons (Fsp3) is 0.429. The summed E-state index contributed by atoms with van der Waals surface area (Å²) in [6, 6.07) is 15.3. The van der Waals surface area contributed by atoms with Gasteiger partial charge in [0.25, 0.3) is 10.0 Å². The Balaban J connectivity index is 1.52. The van der Waals surface area contributed by atoms with Gasteiger partial charge in [0.15, 0.2) is 0 Å². The van der Waals surface area contributed by atoms with E-state index >= 15 is 0 Å². The number of ether oxygens (including phenoxy) is 1. The molecule has 6 bridgehead atoms. The lowest BCUT2D eigenvalue weighted by molar-refractivity contribution is 0.0514. The molecule has 3 aliphatic rings. The quantitative estimate of drug-likeness (QED) is 0.443. The van der Waals surface area contributed by atoms with E-state index in [1.165, 1.54) is 25.7 Å². The molecule has 1 aliphatic heterocycles. The Bertz CT molecular complexity index is 1380. The number of nitrogens with zero attached hydrogens (tertiary/aromatic N) is 2. The largest absolute Gasteiger partial charge is 0.474 e. The van der Waals surface area contributed by atoms with Gasteiger partial charge in [-0.1, -0.05) is 43.2 Å². The number of aryl methyl sites for hydroxylation is 2. The molecule has 3 aromatic rings. The van der Waals surface area contributed by atoms with E-state index in [9.17, 15) is 8.42 Å². The molecule has 1 spiro atoms. The summed E-state index contributed by atoms with van der Waals surface area (Å²) in [7, 11) is -3.85. The van der Waals surface area contributed by atoms with E-state index in [1.54, 1.807) is 6.07 Å². The molecular formula is C28H31N3O3S. The van der Waals surface area contributed by atoms with Crippen LogP contribution in [0.25, 0.3) is 11.3 Å². The highest BCUT2D eigenvalue weighted by Gasteiger charge is 2.44. The third-order valence-electron chi connectivity index (χ3n) is 8.14. The highest BCUT2D eigenvalue weighted by atomic mass is 32.2. The van der Waals surface area contributed by atoms with Crippen molar-refractivity contribution in [2.45, 2.75) is 75.7 Å². The molecule has 2 atom stereocenters. The Labute approximate surface area is 207 Å². The van der Waals surface area contributed by atoms with Crippen LogP contribution in [0.1, 0.15) is 67.6 Å². The van der Waals surface area contributed by atoms with E-state index in [2.05, 4.69) is 20.8 Å². The van der Waals surface area contributed by atoms with E-state index < -0.39 is 10.0 Å². The topological polar surface area (TPSA) is 81.2 Å². The van der Waals surface area contributed by atoms with Crippen molar-refractivity contribution in [2.24, 2.45) is 5.41 Å². The maximum atomic E-state index is 13.4. The summed E-state index contributed by atoms with van der Waals surface area (Å²) in [4.78, 5) is 9.41. The van der Waals surface area contributed by atoms with Gasteiger partial charge in [0.05, 0.1) is 10.6 Å². The number of rotatable bonds is 1. The third-order valence-corrected chi connectivity index (χ3v) is 9.47. The molecule has 1 aromatic heterocycles. The van der Waals surface area contributed by atoms with Gasteiger partial charge < -0.3 is 4.74 Å². The second-order valence-corrected chi connectivity index (χ2v) is 12.3. The molecular weight excluding hydrogens is 458 g/mol. The van der Waals surface area contributed by atoms with E-state index in [0.717, 1.165) is 41.5 Å². The van der Waals surface area contributed by atoms with Crippen molar-refractivity contribution < 1.29 is 13.2 Å². The fourth-order valence-electron chi connectivity index (χ4n) is 6.61. The van der Waals surface area contributed by atoms with E-state index in [0.29, 0.717) is 11.6 Å². The van der Waals surface area contributed by atoms with Gasteiger partial charge in [-0.3, -0.25) is 0 Å². The zero-order chi connectivity index (χ0) is 24.2. The summed E-state index contributed by atoms with van der Waals surface area (Å²) in [6.45, 7) is 4.07. The van der Waals surface area contributed by atoms with E-state index in [-0.39, 0.29) is 28.3 Å². The highest BCUT2D eigenvalue weighted by Crippen LogP contribution is 2.54. The van der Waals surface area contributed by atoms with Gasteiger partial charge in [-0.25, -0.2) is 18.1 Å². The van der Waals surface area contributed by atoms with Crippen LogP contribution in [0.2, 0.25) is 0 Å². The second kappa shape index (κ2) is 8.33. The van der Waals surface area contributed by atoms with Gasteiger partial charge in [-0.15, -0.1) is 0 Å². The maximum Gasteiger partial charge on any atom is 0.264 e. The molecule has 2 aliphatic carbocycles. The third kappa shape index (κ3) is 4.20. The first-order valence-electron chi connectivity index (χ1n) is 12.6. The zero-order valence-corrected chi connectivity index (χ0v) is 21.1. The van der Waals surface area contributed by atoms with Crippen LogP contribution < -0.4 is 9.46 Å². The van der Waals surface area contributed by atoms with Crippen LogP contribution in [0.4, 0.5) is 5.95 Å². The number of nitrogens with one attached hydrogen (secondary N) is 1. The van der Waals surface area contributed by atoms with Crippen LogP contribution >= 0.6 is 0 Å². The van der Waals surface area contributed by atoms with Gasteiger partial charge >= 0.3 is 0 Å². The molecule has 6 nitrogen and oxygen atoms in total. The molecule has 2 fully saturated rings. The SMILES string of the molecule is Cc1cccc(C)c1-c1cc2nc(n1)NS(=O)(=O)c1cccc(c1)C1CC(CC3(CCCC3)C1)O2. The molecule has 2 heterocycles. The van der Waals surface area contributed by atoms with Gasteiger partial charge in [0.1, 0.15) is 6.10 Å². The highest BCUT2D eigenvalue weighted by molar-refractivity contribution is 7.92. The first-order chi connectivity index (χ1) is 16.8. The number of anilines is 1. The maximum absolute atomic E-state index is 13.4. The van der Waals surface area contributed by atoms with Gasteiger partial charge in [-0.2, -0.15) is 4.98 Å². The van der Waals surface area contributed by atoms with Crippen molar-refractivity contribution in [3.05, 3.63) is 65.2 Å². The summed E-state index contributed by atoms with van der Waals surface area (Å²) < 4.78 is 35.9. The predicted octanol–water partition coefficient (Wildman–Crippen LogP) is 6.15. The van der Waals surface area contributed by atoms with Crippen molar-refractivity contribution in [2.75, 3.05) is 4.72 Å². The number of sulfonamides is 1. The van der Waals surface area contributed by atoms with E-state index in [1.807, 2.05) is 50.2 Å². The van der Waals surface area contributed by atoms with Crippen molar-refractivity contribution >= 4 is 16.0 Å². The first kappa shape index (κ1) is 22.5. The lowest BCUT2D eigenvalue weighted by Gasteiger charge is -2.42. The number of benzene rings is 2. The summed E-state index contributed by atoms with van der Waals surface area (Å²) in [5, 5.41) is 0. The Hall–Kier alpha value is -2.93.